The van der Waals surface area contributed by atoms with Crippen LogP contribution < -0.4 is 19.6 Å². The lowest BCUT2D eigenvalue weighted by atomic mass is 10.2. The van der Waals surface area contributed by atoms with Gasteiger partial charge in [0.1, 0.15) is 19.0 Å². The summed E-state index contributed by atoms with van der Waals surface area (Å²) in [5, 5.41) is 4.74. The zero-order valence-corrected chi connectivity index (χ0v) is 19.0. The molecule has 0 aliphatic heterocycles. The molecule has 1 N–H and O–H groups in total. The summed E-state index contributed by atoms with van der Waals surface area (Å²) in [4.78, 5) is 12.6. The minimum Gasteiger partial charge on any atom is -0.490 e. The highest BCUT2D eigenvalue weighted by molar-refractivity contribution is 6.30. The van der Waals surface area contributed by atoms with Crippen molar-refractivity contribution in [1.82, 2.24) is 5.43 Å². The average molecular weight is 465 g/mol. The summed E-state index contributed by atoms with van der Waals surface area (Å²) in [6.07, 6.45) is 3.18. The second-order valence-electron chi connectivity index (χ2n) is 6.85. The Bertz CT molecular complexity index is 1130. The molecule has 7 heteroatoms. The van der Waals surface area contributed by atoms with Crippen LogP contribution in [0, 0.1) is 0 Å². The summed E-state index contributed by atoms with van der Waals surface area (Å²) in [6, 6.07) is 19.9. The number of para-hydroxylation sites is 1. The molecule has 0 bridgehead atoms. The van der Waals surface area contributed by atoms with E-state index in [1.54, 1.807) is 24.3 Å². The van der Waals surface area contributed by atoms with Crippen LogP contribution in [0.3, 0.4) is 0 Å². The van der Waals surface area contributed by atoms with Gasteiger partial charge in [-0.2, -0.15) is 5.10 Å². The summed E-state index contributed by atoms with van der Waals surface area (Å²) < 4.78 is 17.1. The lowest BCUT2D eigenvalue weighted by Crippen LogP contribution is -2.18. The van der Waals surface area contributed by atoms with E-state index in [1.807, 2.05) is 55.5 Å². The van der Waals surface area contributed by atoms with Gasteiger partial charge in [-0.1, -0.05) is 48.5 Å². The zero-order valence-electron chi connectivity index (χ0n) is 18.3. The first-order valence-electron chi connectivity index (χ1n) is 10.4. The number of hydrogen-bond donors (Lipinski definition) is 1. The second-order valence-corrected chi connectivity index (χ2v) is 7.29. The van der Waals surface area contributed by atoms with Gasteiger partial charge in [-0.05, 0) is 55.0 Å². The van der Waals surface area contributed by atoms with E-state index >= 15 is 0 Å². The van der Waals surface area contributed by atoms with Crippen LogP contribution in [0.2, 0.25) is 5.02 Å². The zero-order chi connectivity index (χ0) is 23.5. The average Bonchev–Trinajstić information content (AvgIpc) is 2.83. The topological polar surface area (TPSA) is 69.2 Å². The fourth-order valence-corrected chi connectivity index (χ4v) is 3.13. The Morgan fingerprint density at radius 2 is 1.85 bits per heavy atom. The van der Waals surface area contributed by atoms with E-state index in [9.17, 15) is 4.79 Å². The van der Waals surface area contributed by atoms with E-state index in [1.165, 1.54) is 6.21 Å². The molecule has 0 fully saturated rings. The van der Waals surface area contributed by atoms with E-state index in [0.29, 0.717) is 47.7 Å². The summed E-state index contributed by atoms with van der Waals surface area (Å²) in [6.45, 7) is 6.64. The van der Waals surface area contributed by atoms with Crippen LogP contribution in [0.1, 0.15) is 28.4 Å². The van der Waals surface area contributed by atoms with Crippen molar-refractivity contribution in [2.24, 2.45) is 5.10 Å². The molecule has 0 atom stereocenters. The Balaban J connectivity index is 1.65. The van der Waals surface area contributed by atoms with E-state index in [0.717, 1.165) is 11.1 Å². The maximum atomic E-state index is 12.6. The maximum Gasteiger partial charge on any atom is 0.271 e. The van der Waals surface area contributed by atoms with E-state index < -0.39 is 0 Å². The molecule has 170 valence electrons. The molecule has 1 amide bonds. The number of amides is 1. The predicted molar refractivity (Wildman–Crippen MR) is 131 cm³/mol. The van der Waals surface area contributed by atoms with Crippen LogP contribution in [0.4, 0.5) is 0 Å². The number of hydrogen-bond acceptors (Lipinski definition) is 5. The lowest BCUT2D eigenvalue weighted by molar-refractivity contribution is 0.0954. The largest absolute Gasteiger partial charge is 0.490 e. The first kappa shape index (κ1) is 23.9. The molecule has 33 heavy (non-hydrogen) atoms. The number of benzene rings is 3. The van der Waals surface area contributed by atoms with Gasteiger partial charge in [-0.25, -0.2) is 5.43 Å². The molecule has 3 aromatic rings. The summed E-state index contributed by atoms with van der Waals surface area (Å²) in [5.41, 5.74) is 4.61. The van der Waals surface area contributed by atoms with E-state index in [4.69, 9.17) is 25.8 Å². The van der Waals surface area contributed by atoms with E-state index in [-0.39, 0.29) is 5.91 Å². The highest BCUT2D eigenvalue weighted by atomic mass is 35.5. The highest BCUT2D eigenvalue weighted by Gasteiger charge is 2.11. The van der Waals surface area contributed by atoms with Gasteiger partial charge in [0.05, 0.1) is 12.8 Å². The van der Waals surface area contributed by atoms with Crippen LogP contribution in [-0.4, -0.2) is 25.3 Å². The normalized spacial score (nSPS) is 10.6. The number of nitrogens with one attached hydrogen (secondary N) is 1. The number of nitrogens with zero attached hydrogens (tertiary/aromatic N) is 1. The number of halogens is 1. The van der Waals surface area contributed by atoms with Gasteiger partial charge in [-0.15, -0.1) is 0 Å². The molecule has 6 nitrogen and oxygen atoms in total. The van der Waals surface area contributed by atoms with Gasteiger partial charge in [0, 0.05) is 16.1 Å². The first-order valence-corrected chi connectivity index (χ1v) is 10.8. The summed E-state index contributed by atoms with van der Waals surface area (Å²) >= 11 is 6.03. The van der Waals surface area contributed by atoms with Crippen LogP contribution in [0.25, 0.3) is 0 Å². The molecule has 3 rings (SSSR count). The molecule has 0 heterocycles. The molecule has 0 aliphatic rings. The quantitative estimate of drug-likeness (QED) is 0.226. The number of carbonyl (C=O) groups is 1. The van der Waals surface area contributed by atoms with Crippen molar-refractivity contribution in [3.63, 3.8) is 0 Å². The van der Waals surface area contributed by atoms with Gasteiger partial charge in [0.25, 0.3) is 5.91 Å². The van der Waals surface area contributed by atoms with Crippen molar-refractivity contribution in [2.45, 2.75) is 13.5 Å². The maximum absolute atomic E-state index is 12.6. The Morgan fingerprint density at radius 1 is 1.00 bits per heavy atom. The van der Waals surface area contributed by atoms with Crippen molar-refractivity contribution in [3.05, 3.63) is 101 Å². The SMILES string of the molecule is C=CCOc1ccc(C(=O)N/N=C/c2ccccc2OCc2cccc(Cl)c2)cc1OCC. The van der Waals surface area contributed by atoms with Crippen molar-refractivity contribution in [2.75, 3.05) is 13.2 Å². The third-order valence-electron chi connectivity index (χ3n) is 4.43. The Kier molecular flexibility index (Phi) is 8.91. The fourth-order valence-electron chi connectivity index (χ4n) is 2.92. The Morgan fingerprint density at radius 3 is 2.64 bits per heavy atom. The molecule has 3 aromatic carbocycles. The molecular formula is C26H25ClN2O4. The first-order chi connectivity index (χ1) is 16.1. The smallest absolute Gasteiger partial charge is 0.271 e. The minimum absolute atomic E-state index is 0.342. The van der Waals surface area contributed by atoms with Crippen LogP contribution in [0.15, 0.2) is 84.5 Å². The van der Waals surface area contributed by atoms with Crippen LogP contribution in [0.5, 0.6) is 17.2 Å². The summed E-state index contributed by atoms with van der Waals surface area (Å²) in [5.74, 6) is 1.29. The molecule has 0 spiro atoms. The fraction of sp³-hybridized carbons (Fsp3) is 0.154. The lowest BCUT2D eigenvalue weighted by Gasteiger charge is -2.12. The molecule has 0 saturated carbocycles. The third-order valence-corrected chi connectivity index (χ3v) is 4.67. The minimum atomic E-state index is -0.375. The van der Waals surface area contributed by atoms with Gasteiger partial charge in [0.2, 0.25) is 0 Å². The number of hydrazone groups is 1. The van der Waals surface area contributed by atoms with Crippen molar-refractivity contribution in [3.8, 4) is 17.2 Å². The van der Waals surface area contributed by atoms with Gasteiger partial charge >= 0.3 is 0 Å². The second kappa shape index (κ2) is 12.3. The summed E-state index contributed by atoms with van der Waals surface area (Å²) in [7, 11) is 0. The molecular weight excluding hydrogens is 440 g/mol. The number of ether oxygens (including phenoxy) is 3. The highest BCUT2D eigenvalue weighted by Crippen LogP contribution is 2.28. The van der Waals surface area contributed by atoms with Crippen LogP contribution >= 0.6 is 11.6 Å². The van der Waals surface area contributed by atoms with Crippen molar-refractivity contribution in [1.29, 1.82) is 0 Å². The van der Waals surface area contributed by atoms with E-state index in [2.05, 4.69) is 17.1 Å². The molecule has 0 aromatic heterocycles. The Hall–Kier alpha value is -3.77. The molecule has 0 unspecified atom stereocenters. The van der Waals surface area contributed by atoms with Gasteiger partial charge in [0.15, 0.2) is 11.5 Å². The Labute approximate surface area is 198 Å². The monoisotopic (exact) mass is 464 g/mol. The third kappa shape index (κ3) is 7.12. The van der Waals surface area contributed by atoms with Crippen molar-refractivity contribution < 1.29 is 19.0 Å². The standard InChI is InChI=1S/C26H25ClN2O4/c1-3-14-32-24-13-12-20(16-25(24)31-4-2)26(30)29-28-17-21-9-5-6-11-23(21)33-18-19-8-7-10-22(27)15-19/h3,5-13,15-17H,1,4,14,18H2,2H3,(H,29,30)/b28-17+. The number of carbonyl (C=O) groups excluding carboxylic acids is 1. The predicted octanol–water partition coefficient (Wildman–Crippen LogP) is 5.65. The number of rotatable bonds is 11. The molecule has 0 radical (unpaired) electrons. The van der Waals surface area contributed by atoms with Gasteiger partial charge < -0.3 is 14.2 Å². The van der Waals surface area contributed by atoms with Crippen molar-refractivity contribution >= 4 is 23.7 Å². The molecule has 0 aliphatic carbocycles. The van der Waals surface area contributed by atoms with Gasteiger partial charge in [-0.3, -0.25) is 4.79 Å². The molecule has 0 saturated heterocycles. The van der Waals surface area contributed by atoms with Crippen LogP contribution in [-0.2, 0) is 6.61 Å².